The summed E-state index contributed by atoms with van der Waals surface area (Å²) >= 11 is 12.2. The fraction of sp³-hybridized carbons (Fsp3) is 0. The van der Waals surface area contributed by atoms with E-state index in [1.165, 1.54) is 41.3 Å². The van der Waals surface area contributed by atoms with Crippen molar-refractivity contribution >= 4 is 69.2 Å². The van der Waals surface area contributed by atoms with Gasteiger partial charge in [-0.05, 0) is 36.4 Å². The molecule has 0 saturated carbocycles. The van der Waals surface area contributed by atoms with Gasteiger partial charge in [0.1, 0.15) is 11.5 Å². The van der Waals surface area contributed by atoms with Crippen LogP contribution in [0.4, 0.5) is 11.4 Å². The zero-order valence-electron chi connectivity index (χ0n) is 15.9. The van der Waals surface area contributed by atoms with Gasteiger partial charge < -0.3 is 9.52 Å². The number of furan rings is 1. The summed E-state index contributed by atoms with van der Waals surface area (Å²) < 4.78 is 5.99. The number of hydrogen-bond acceptors (Lipinski definition) is 7. The molecule has 1 aliphatic heterocycles. The Bertz CT molecular complexity index is 1330. The Morgan fingerprint density at radius 1 is 1.22 bits per heavy atom. The van der Waals surface area contributed by atoms with Crippen LogP contribution in [0.3, 0.4) is 0 Å². The SMILES string of the molecule is O=C(O)c1cc(-c2ccc(/C=C3/SC(=S)N(c4cccc([N+](=O)[O-])c4)C3=O)o2)ccc1Cl. The summed E-state index contributed by atoms with van der Waals surface area (Å²) in [6.07, 6.45) is 1.51. The maximum atomic E-state index is 12.9. The first kappa shape index (κ1) is 21.8. The van der Waals surface area contributed by atoms with Gasteiger partial charge in [-0.15, -0.1) is 0 Å². The second-order valence-corrected chi connectivity index (χ2v) is 8.58. The topological polar surface area (TPSA) is 114 Å². The van der Waals surface area contributed by atoms with E-state index in [1.54, 1.807) is 24.3 Å². The number of non-ortho nitro benzene ring substituents is 1. The molecule has 2 aromatic carbocycles. The lowest BCUT2D eigenvalue weighted by molar-refractivity contribution is -0.384. The summed E-state index contributed by atoms with van der Waals surface area (Å²) in [5.74, 6) is -0.845. The van der Waals surface area contributed by atoms with Crippen LogP contribution in [0.15, 0.2) is 63.9 Å². The number of thioether (sulfide) groups is 1. The second-order valence-electron chi connectivity index (χ2n) is 6.50. The lowest BCUT2D eigenvalue weighted by Crippen LogP contribution is -2.27. The molecule has 2 heterocycles. The van der Waals surface area contributed by atoms with Crippen LogP contribution in [0.1, 0.15) is 16.1 Å². The van der Waals surface area contributed by atoms with Crippen molar-refractivity contribution in [2.75, 3.05) is 4.90 Å². The number of rotatable bonds is 5. The lowest BCUT2D eigenvalue weighted by atomic mass is 10.1. The Balaban J connectivity index is 1.62. The van der Waals surface area contributed by atoms with Gasteiger partial charge in [0.2, 0.25) is 0 Å². The molecular formula is C21H11ClN2O6S2. The van der Waals surface area contributed by atoms with Crippen molar-refractivity contribution in [3.05, 3.63) is 86.0 Å². The highest BCUT2D eigenvalue weighted by molar-refractivity contribution is 8.27. The van der Waals surface area contributed by atoms with Gasteiger partial charge in [0.25, 0.3) is 11.6 Å². The van der Waals surface area contributed by atoms with Gasteiger partial charge in [-0.3, -0.25) is 19.8 Å². The fourth-order valence-electron chi connectivity index (χ4n) is 2.99. The van der Waals surface area contributed by atoms with Gasteiger partial charge >= 0.3 is 5.97 Å². The smallest absolute Gasteiger partial charge is 0.337 e. The van der Waals surface area contributed by atoms with E-state index in [-0.39, 0.29) is 25.5 Å². The molecule has 0 unspecified atom stereocenters. The van der Waals surface area contributed by atoms with Crippen molar-refractivity contribution in [2.24, 2.45) is 0 Å². The number of nitro groups is 1. The van der Waals surface area contributed by atoms with Gasteiger partial charge in [0.15, 0.2) is 4.32 Å². The summed E-state index contributed by atoms with van der Waals surface area (Å²) in [6.45, 7) is 0. The Morgan fingerprint density at radius 2 is 2.00 bits per heavy atom. The molecule has 11 heteroatoms. The molecule has 0 atom stereocenters. The van der Waals surface area contributed by atoms with E-state index in [9.17, 15) is 24.8 Å². The van der Waals surface area contributed by atoms with Crippen LogP contribution in [0.2, 0.25) is 5.02 Å². The zero-order valence-corrected chi connectivity index (χ0v) is 18.2. The number of benzene rings is 2. The van der Waals surface area contributed by atoms with E-state index in [2.05, 4.69) is 0 Å². The molecule has 8 nitrogen and oxygen atoms in total. The van der Waals surface area contributed by atoms with E-state index >= 15 is 0 Å². The minimum absolute atomic E-state index is 0.0556. The van der Waals surface area contributed by atoms with E-state index in [0.29, 0.717) is 22.8 Å². The molecule has 3 aromatic rings. The summed E-state index contributed by atoms with van der Waals surface area (Å²) in [5.41, 5.74) is 0.600. The fourth-order valence-corrected chi connectivity index (χ4v) is 4.47. The Labute approximate surface area is 195 Å². The molecule has 0 bridgehead atoms. The third-order valence-electron chi connectivity index (χ3n) is 4.47. The lowest BCUT2D eigenvalue weighted by Gasteiger charge is -2.13. The van der Waals surface area contributed by atoms with Gasteiger partial charge in [-0.2, -0.15) is 0 Å². The number of aromatic carboxylic acids is 1. The first-order chi connectivity index (χ1) is 15.2. The summed E-state index contributed by atoms with van der Waals surface area (Å²) in [6, 6.07) is 13.4. The van der Waals surface area contributed by atoms with Crippen molar-refractivity contribution in [1.82, 2.24) is 0 Å². The zero-order chi connectivity index (χ0) is 23.0. The van der Waals surface area contributed by atoms with Crippen LogP contribution in [0, 0.1) is 10.1 Å². The molecule has 1 amide bonds. The van der Waals surface area contributed by atoms with Crippen LogP contribution < -0.4 is 4.90 Å². The normalized spacial score (nSPS) is 14.9. The molecule has 0 spiro atoms. The number of carboxylic acids is 1. The summed E-state index contributed by atoms with van der Waals surface area (Å²) in [7, 11) is 0. The second kappa shape index (κ2) is 8.58. The van der Waals surface area contributed by atoms with Crippen LogP contribution in [0.25, 0.3) is 17.4 Å². The highest BCUT2D eigenvalue weighted by atomic mass is 35.5. The van der Waals surface area contributed by atoms with Crippen molar-refractivity contribution in [3.63, 3.8) is 0 Å². The quantitative estimate of drug-likeness (QED) is 0.214. The Hall–Kier alpha value is -3.47. The number of carbonyl (C=O) groups excluding carboxylic acids is 1. The largest absolute Gasteiger partial charge is 0.478 e. The third kappa shape index (κ3) is 4.15. The number of hydrogen-bond donors (Lipinski definition) is 1. The Kier molecular flexibility index (Phi) is 5.83. The average molecular weight is 487 g/mol. The minimum Gasteiger partial charge on any atom is -0.478 e. The monoisotopic (exact) mass is 486 g/mol. The number of carboxylic acid groups (broad SMARTS) is 1. The molecule has 160 valence electrons. The molecule has 1 N–H and O–H groups in total. The number of nitrogens with zero attached hydrogens (tertiary/aromatic N) is 2. The molecule has 1 saturated heterocycles. The van der Waals surface area contributed by atoms with Crippen LogP contribution in [0.5, 0.6) is 0 Å². The van der Waals surface area contributed by atoms with Crippen molar-refractivity contribution in [2.45, 2.75) is 0 Å². The third-order valence-corrected chi connectivity index (χ3v) is 6.11. The van der Waals surface area contributed by atoms with Crippen molar-refractivity contribution < 1.29 is 24.0 Å². The predicted octanol–water partition coefficient (Wildman–Crippen LogP) is 5.61. The maximum absolute atomic E-state index is 12.9. The van der Waals surface area contributed by atoms with Crippen LogP contribution in [-0.2, 0) is 4.79 Å². The first-order valence-corrected chi connectivity index (χ1v) is 10.5. The number of anilines is 1. The number of thiocarbonyl (C=S) groups is 1. The summed E-state index contributed by atoms with van der Waals surface area (Å²) in [5, 5.41) is 20.4. The molecule has 1 aromatic heterocycles. The molecule has 32 heavy (non-hydrogen) atoms. The predicted molar refractivity (Wildman–Crippen MR) is 125 cm³/mol. The molecule has 1 fully saturated rings. The summed E-state index contributed by atoms with van der Waals surface area (Å²) in [4.78, 5) is 36.2. The number of nitro benzene ring substituents is 1. The highest BCUT2D eigenvalue weighted by Crippen LogP contribution is 2.37. The average Bonchev–Trinajstić information content (AvgIpc) is 3.32. The first-order valence-electron chi connectivity index (χ1n) is 8.90. The van der Waals surface area contributed by atoms with Crippen molar-refractivity contribution in [1.29, 1.82) is 0 Å². The maximum Gasteiger partial charge on any atom is 0.337 e. The molecular weight excluding hydrogens is 476 g/mol. The number of amides is 1. The van der Waals surface area contributed by atoms with E-state index in [0.717, 1.165) is 11.8 Å². The highest BCUT2D eigenvalue weighted by Gasteiger charge is 2.34. The Morgan fingerprint density at radius 3 is 2.72 bits per heavy atom. The number of carbonyl (C=O) groups is 2. The van der Waals surface area contributed by atoms with E-state index in [4.69, 9.17) is 28.2 Å². The van der Waals surface area contributed by atoms with Gasteiger partial charge in [0.05, 0.1) is 26.1 Å². The van der Waals surface area contributed by atoms with Gasteiger partial charge in [0, 0.05) is 23.8 Å². The molecule has 0 radical (unpaired) electrons. The minimum atomic E-state index is -1.16. The molecule has 1 aliphatic rings. The standard InChI is InChI=1S/C21H11ClN2O6S2/c22-16-6-4-11(8-15(16)20(26)27)17-7-5-14(30-17)10-18-19(25)23(21(31)32-18)12-2-1-3-13(9-12)24(28)29/h1-10H,(H,26,27)/b18-10+. The number of halogens is 1. The van der Waals surface area contributed by atoms with Gasteiger partial charge in [-0.1, -0.05) is 41.6 Å². The van der Waals surface area contributed by atoms with Gasteiger partial charge in [-0.25, -0.2) is 4.79 Å². The van der Waals surface area contributed by atoms with Crippen LogP contribution >= 0.6 is 35.6 Å². The van der Waals surface area contributed by atoms with E-state index in [1.807, 2.05) is 0 Å². The molecule has 4 rings (SSSR count). The molecule has 0 aliphatic carbocycles. The van der Waals surface area contributed by atoms with E-state index < -0.39 is 16.8 Å². The van der Waals surface area contributed by atoms with Crippen LogP contribution in [-0.4, -0.2) is 26.2 Å². The van der Waals surface area contributed by atoms with Crippen molar-refractivity contribution in [3.8, 4) is 11.3 Å².